The second kappa shape index (κ2) is 7.72. The van der Waals surface area contributed by atoms with Crippen molar-refractivity contribution in [3.8, 4) is 22.6 Å². The van der Waals surface area contributed by atoms with Crippen LogP contribution >= 0.6 is 0 Å². The molecule has 136 valence electrons. The fourth-order valence-corrected chi connectivity index (χ4v) is 3.95. The second-order valence-electron chi connectivity index (χ2n) is 7.24. The fourth-order valence-electron chi connectivity index (χ4n) is 3.95. The molecule has 0 bridgehead atoms. The quantitative estimate of drug-likeness (QED) is 0.816. The minimum absolute atomic E-state index is 0.248. The highest BCUT2D eigenvalue weighted by Crippen LogP contribution is 2.37. The predicted octanol–water partition coefficient (Wildman–Crippen LogP) is 4.28. The van der Waals surface area contributed by atoms with Crippen molar-refractivity contribution in [2.45, 2.75) is 44.0 Å². The molecule has 0 amide bonds. The van der Waals surface area contributed by atoms with Crippen LogP contribution in [0.5, 0.6) is 11.5 Å². The number of hydrogen-bond acceptors (Lipinski definition) is 4. The maximum atomic E-state index is 9.62. The Hall–Kier alpha value is -1.98. The Labute approximate surface area is 155 Å². The first kappa shape index (κ1) is 17.4. The topological polar surface area (TPSA) is 47.9 Å². The van der Waals surface area contributed by atoms with E-state index >= 15 is 0 Å². The van der Waals surface area contributed by atoms with Crippen LogP contribution in [0.2, 0.25) is 6.32 Å². The molecular weight excluding hydrogens is 327 g/mol. The molecule has 2 aromatic carbocycles. The van der Waals surface area contributed by atoms with E-state index in [4.69, 9.17) is 14.1 Å². The van der Waals surface area contributed by atoms with Gasteiger partial charge in [0.2, 0.25) is 0 Å². The summed E-state index contributed by atoms with van der Waals surface area (Å²) in [6, 6.07) is 14.6. The zero-order valence-corrected chi connectivity index (χ0v) is 15.2. The van der Waals surface area contributed by atoms with Crippen LogP contribution in [0.1, 0.15) is 37.2 Å². The van der Waals surface area contributed by atoms with E-state index in [0.717, 1.165) is 35.5 Å². The maximum absolute atomic E-state index is 9.62. The van der Waals surface area contributed by atoms with Crippen molar-refractivity contribution in [2.75, 3.05) is 13.7 Å². The summed E-state index contributed by atoms with van der Waals surface area (Å²) in [5, 5.41) is 9.62. The molecule has 1 N–H and O–H groups in total. The fraction of sp³-hybridized carbons (Fsp3) is 0.429. The summed E-state index contributed by atoms with van der Waals surface area (Å²) >= 11 is 0. The number of methoxy groups -OCH3 is 1. The first-order valence-corrected chi connectivity index (χ1v) is 9.47. The lowest BCUT2D eigenvalue weighted by Gasteiger charge is -2.17. The average Bonchev–Trinajstić information content (AvgIpc) is 3.33. The Balaban J connectivity index is 1.60. The smallest absolute Gasteiger partial charge is 0.454 e. The standard InChI is InChI=1S/C21H25BO4/c1-24-20-10-9-17(12-21(20)26-19-7-2-3-8-19)15-5-4-6-16(11-15)18-13-22(23)25-14-18/h4-6,9-12,18-19,23H,2-3,7-8,13-14H2,1H3/t18-/m0/s1. The van der Waals surface area contributed by atoms with Gasteiger partial charge in [0.15, 0.2) is 11.5 Å². The van der Waals surface area contributed by atoms with Gasteiger partial charge < -0.3 is 19.2 Å². The molecule has 2 aliphatic rings. The minimum atomic E-state index is -0.643. The van der Waals surface area contributed by atoms with Gasteiger partial charge in [0.1, 0.15) is 0 Å². The monoisotopic (exact) mass is 352 g/mol. The SMILES string of the molecule is COc1ccc(-c2cccc([C@@H]3COB(O)C3)c2)cc1OC1CCCC1. The van der Waals surface area contributed by atoms with Gasteiger partial charge in [0.05, 0.1) is 13.2 Å². The van der Waals surface area contributed by atoms with E-state index in [1.165, 1.54) is 18.4 Å². The van der Waals surface area contributed by atoms with Gasteiger partial charge >= 0.3 is 7.12 Å². The van der Waals surface area contributed by atoms with Crippen LogP contribution < -0.4 is 9.47 Å². The average molecular weight is 352 g/mol. The first-order valence-electron chi connectivity index (χ1n) is 9.47. The lowest BCUT2D eigenvalue weighted by atomic mass is 9.79. The number of hydrogen-bond donors (Lipinski definition) is 1. The normalized spacial score (nSPS) is 20.5. The Morgan fingerprint density at radius 1 is 1.04 bits per heavy atom. The summed E-state index contributed by atoms with van der Waals surface area (Å²) in [4.78, 5) is 0. The van der Waals surface area contributed by atoms with Gasteiger partial charge in [-0.15, -0.1) is 0 Å². The lowest BCUT2D eigenvalue weighted by molar-refractivity contribution is 0.201. The van der Waals surface area contributed by atoms with Crippen molar-refractivity contribution < 1.29 is 19.2 Å². The first-order chi connectivity index (χ1) is 12.7. The summed E-state index contributed by atoms with van der Waals surface area (Å²) in [5.74, 6) is 1.85. The van der Waals surface area contributed by atoms with Gasteiger partial charge in [-0.3, -0.25) is 0 Å². The Kier molecular flexibility index (Phi) is 5.18. The zero-order chi connectivity index (χ0) is 17.9. The van der Waals surface area contributed by atoms with Crippen LogP contribution in [0.4, 0.5) is 0 Å². The molecule has 0 radical (unpaired) electrons. The van der Waals surface area contributed by atoms with Crippen molar-refractivity contribution in [3.05, 3.63) is 48.0 Å². The van der Waals surface area contributed by atoms with Crippen molar-refractivity contribution in [3.63, 3.8) is 0 Å². The molecule has 4 rings (SSSR count). The molecule has 1 aliphatic carbocycles. The highest BCUT2D eigenvalue weighted by molar-refractivity contribution is 6.43. The predicted molar refractivity (Wildman–Crippen MR) is 103 cm³/mol. The molecule has 1 heterocycles. The third kappa shape index (κ3) is 3.74. The summed E-state index contributed by atoms with van der Waals surface area (Å²) in [6.07, 6.45) is 5.67. The molecule has 0 unspecified atom stereocenters. The number of ether oxygens (including phenoxy) is 2. The van der Waals surface area contributed by atoms with E-state index in [1.54, 1.807) is 7.11 Å². The molecule has 1 saturated carbocycles. The van der Waals surface area contributed by atoms with Gasteiger partial charge in [-0.1, -0.05) is 30.3 Å². The Morgan fingerprint density at radius 3 is 2.58 bits per heavy atom. The minimum Gasteiger partial charge on any atom is -0.493 e. The largest absolute Gasteiger partial charge is 0.493 e. The van der Waals surface area contributed by atoms with Crippen molar-refractivity contribution in [2.24, 2.45) is 0 Å². The van der Waals surface area contributed by atoms with E-state index in [2.05, 4.69) is 36.4 Å². The molecule has 26 heavy (non-hydrogen) atoms. The van der Waals surface area contributed by atoms with E-state index in [9.17, 15) is 5.02 Å². The van der Waals surface area contributed by atoms with Gasteiger partial charge in [-0.25, -0.2) is 0 Å². The maximum Gasteiger partial charge on any atom is 0.454 e. The van der Waals surface area contributed by atoms with Crippen LogP contribution in [-0.2, 0) is 4.65 Å². The lowest BCUT2D eigenvalue weighted by Crippen LogP contribution is -2.11. The highest BCUT2D eigenvalue weighted by atomic mass is 16.5. The molecular formula is C21H25BO4. The van der Waals surface area contributed by atoms with E-state index in [0.29, 0.717) is 19.0 Å². The van der Waals surface area contributed by atoms with Crippen LogP contribution in [-0.4, -0.2) is 32.0 Å². The van der Waals surface area contributed by atoms with Gasteiger partial charge in [0.25, 0.3) is 0 Å². The van der Waals surface area contributed by atoms with Crippen LogP contribution in [0.15, 0.2) is 42.5 Å². The third-order valence-corrected chi connectivity index (χ3v) is 5.43. The zero-order valence-electron chi connectivity index (χ0n) is 15.2. The van der Waals surface area contributed by atoms with Crippen LogP contribution in [0.3, 0.4) is 0 Å². The van der Waals surface area contributed by atoms with Crippen molar-refractivity contribution >= 4 is 7.12 Å². The van der Waals surface area contributed by atoms with Crippen molar-refractivity contribution in [1.82, 2.24) is 0 Å². The van der Waals surface area contributed by atoms with Crippen LogP contribution in [0.25, 0.3) is 11.1 Å². The van der Waals surface area contributed by atoms with Crippen LogP contribution in [0, 0.1) is 0 Å². The van der Waals surface area contributed by atoms with E-state index < -0.39 is 7.12 Å². The molecule has 0 aromatic heterocycles. The summed E-state index contributed by atoms with van der Waals surface area (Å²) < 4.78 is 17.0. The van der Waals surface area contributed by atoms with Crippen molar-refractivity contribution in [1.29, 1.82) is 0 Å². The summed E-state index contributed by atoms with van der Waals surface area (Å²) in [6.45, 7) is 0.573. The molecule has 5 heteroatoms. The molecule has 2 aromatic rings. The number of benzene rings is 2. The molecule has 2 fully saturated rings. The van der Waals surface area contributed by atoms with E-state index in [-0.39, 0.29) is 5.92 Å². The third-order valence-electron chi connectivity index (χ3n) is 5.43. The second-order valence-corrected chi connectivity index (χ2v) is 7.24. The molecule has 1 atom stereocenters. The summed E-state index contributed by atoms with van der Waals surface area (Å²) in [5.41, 5.74) is 3.45. The Morgan fingerprint density at radius 2 is 1.85 bits per heavy atom. The summed E-state index contributed by atoms with van der Waals surface area (Å²) in [7, 11) is 1.04. The van der Waals surface area contributed by atoms with Gasteiger partial charge in [-0.05, 0) is 60.8 Å². The molecule has 4 nitrogen and oxygen atoms in total. The molecule has 1 saturated heterocycles. The van der Waals surface area contributed by atoms with Gasteiger partial charge in [-0.2, -0.15) is 0 Å². The highest BCUT2D eigenvalue weighted by Gasteiger charge is 2.29. The molecule has 0 spiro atoms. The Bertz CT molecular complexity index is 757. The molecule has 1 aliphatic heterocycles. The van der Waals surface area contributed by atoms with E-state index in [1.807, 2.05) is 6.07 Å². The number of rotatable bonds is 5. The van der Waals surface area contributed by atoms with Gasteiger partial charge in [0, 0.05) is 12.5 Å².